The molecule has 26 heavy (non-hydrogen) atoms. The first-order valence-electron chi connectivity index (χ1n) is 8.18. The molecule has 0 fully saturated rings. The number of aromatic nitrogens is 4. The van der Waals surface area contributed by atoms with E-state index in [-0.39, 0.29) is 5.91 Å². The Balaban J connectivity index is 1.80. The van der Waals surface area contributed by atoms with E-state index in [9.17, 15) is 4.79 Å². The highest BCUT2D eigenvalue weighted by Crippen LogP contribution is 2.32. The smallest absolute Gasteiger partial charge is 0.296 e. The average Bonchev–Trinajstić information content (AvgIpc) is 3.27. The molecule has 130 valence electrons. The topological polar surface area (TPSA) is 63.9 Å². The maximum absolute atomic E-state index is 13.2. The first-order chi connectivity index (χ1) is 12.6. The van der Waals surface area contributed by atoms with Crippen LogP contribution in [-0.2, 0) is 13.6 Å². The van der Waals surface area contributed by atoms with Gasteiger partial charge < -0.3 is 4.57 Å². The third-order valence-electron chi connectivity index (χ3n) is 4.16. The summed E-state index contributed by atoms with van der Waals surface area (Å²) >= 11 is 1.51. The van der Waals surface area contributed by atoms with Crippen molar-refractivity contribution in [2.75, 3.05) is 4.90 Å². The molecule has 1 aromatic carbocycles. The Morgan fingerprint density at radius 3 is 2.81 bits per heavy atom. The van der Waals surface area contributed by atoms with Gasteiger partial charge in [0.2, 0.25) is 0 Å². The first kappa shape index (κ1) is 16.4. The Kier molecular flexibility index (Phi) is 4.22. The molecule has 0 radical (unpaired) electrons. The summed E-state index contributed by atoms with van der Waals surface area (Å²) in [5.74, 6) is 0.197. The molecule has 1 amide bonds. The molecule has 7 heteroatoms. The van der Waals surface area contributed by atoms with E-state index in [2.05, 4.69) is 9.97 Å². The number of nitrogens with zero attached hydrogens (tertiary/aromatic N) is 5. The third kappa shape index (κ3) is 2.97. The van der Waals surface area contributed by atoms with Gasteiger partial charge in [0.05, 0.1) is 16.8 Å². The normalized spacial score (nSPS) is 11.0. The van der Waals surface area contributed by atoms with E-state index < -0.39 is 0 Å². The molecule has 4 aromatic rings. The number of hydrogen-bond donors (Lipinski definition) is 0. The van der Waals surface area contributed by atoms with Gasteiger partial charge in [-0.1, -0.05) is 29.5 Å². The van der Waals surface area contributed by atoms with Gasteiger partial charge in [-0.15, -0.1) is 0 Å². The van der Waals surface area contributed by atoms with Gasteiger partial charge >= 0.3 is 0 Å². The minimum Gasteiger partial charge on any atom is -0.330 e. The summed E-state index contributed by atoms with van der Waals surface area (Å²) < 4.78 is 2.78. The first-order valence-corrected chi connectivity index (χ1v) is 8.99. The fourth-order valence-electron chi connectivity index (χ4n) is 2.78. The summed E-state index contributed by atoms with van der Waals surface area (Å²) in [5.41, 5.74) is 2.96. The van der Waals surface area contributed by atoms with E-state index in [0.29, 0.717) is 17.5 Å². The molecule has 0 saturated carbocycles. The zero-order chi connectivity index (χ0) is 18.1. The Morgan fingerprint density at radius 1 is 1.23 bits per heavy atom. The Morgan fingerprint density at radius 2 is 2.12 bits per heavy atom. The van der Waals surface area contributed by atoms with Gasteiger partial charge in [-0.25, -0.2) is 9.97 Å². The van der Waals surface area contributed by atoms with Crippen LogP contribution in [0.15, 0.2) is 55.1 Å². The van der Waals surface area contributed by atoms with E-state index in [1.807, 2.05) is 44.3 Å². The summed E-state index contributed by atoms with van der Waals surface area (Å²) in [7, 11) is 1.81. The number of fused-ring (bicyclic) bond motifs is 1. The summed E-state index contributed by atoms with van der Waals surface area (Å²) in [5, 5.41) is 0.658. The lowest BCUT2D eigenvalue weighted by molar-refractivity contribution is 0.0972. The van der Waals surface area contributed by atoms with Crippen molar-refractivity contribution in [2.24, 2.45) is 7.05 Å². The second-order valence-electron chi connectivity index (χ2n) is 6.03. The number of rotatable bonds is 4. The van der Waals surface area contributed by atoms with E-state index in [1.54, 1.807) is 34.3 Å². The van der Waals surface area contributed by atoms with E-state index in [4.69, 9.17) is 4.98 Å². The molecular weight excluding hydrogens is 346 g/mol. The van der Waals surface area contributed by atoms with Crippen LogP contribution in [0.4, 0.5) is 5.13 Å². The largest absolute Gasteiger partial charge is 0.330 e. The number of benzene rings is 1. The monoisotopic (exact) mass is 363 g/mol. The highest BCUT2D eigenvalue weighted by atomic mass is 32.1. The van der Waals surface area contributed by atoms with Crippen molar-refractivity contribution in [2.45, 2.75) is 13.5 Å². The van der Waals surface area contributed by atoms with Crippen LogP contribution in [0.5, 0.6) is 0 Å². The van der Waals surface area contributed by atoms with Crippen LogP contribution >= 0.6 is 11.3 Å². The second kappa shape index (κ2) is 6.68. The van der Waals surface area contributed by atoms with Crippen molar-refractivity contribution in [3.05, 3.63) is 72.1 Å². The molecule has 6 nitrogen and oxygen atoms in total. The number of para-hydroxylation sites is 1. The molecule has 0 aliphatic rings. The lowest BCUT2D eigenvalue weighted by Gasteiger charge is -2.19. The molecule has 0 N–H and O–H groups in total. The highest BCUT2D eigenvalue weighted by molar-refractivity contribution is 7.22. The molecule has 0 spiro atoms. The molecule has 3 aromatic heterocycles. The quantitative estimate of drug-likeness (QED) is 0.556. The van der Waals surface area contributed by atoms with E-state index in [0.717, 1.165) is 21.3 Å². The maximum Gasteiger partial charge on any atom is 0.296 e. The number of carbonyl (C=O) groups excluding carboxylic acids is 1. The van der Waals surface area contributed by atoms with Crippen LogP contribution < -0.4 is 4.90 Å². The fraction of sp³-hybridized carbons (Fsp3) is 0.158. The van der Waals surface area contributed by atoms with Crippen LogP contribution in [0.3, 0.4) is 0 Å². The van der Waals surface area contributed by atoms with Gasteiger partial charge in [0.15, 0.2) is 11.0 Å². The molecule has 3 heterocycles. The van der Waals surface area contributed by atoms with Crippen LogP contribution in [0.1, 0.15) is 21.7 Å². The van der Waals surface area contributed by atoms with Gasteiger partial charge in [-0.3, -0.25) is 14.7 Å². The minimum absolute atomic E-state index is 0.182. The van der Waals surface area contributed by atoms with E-state index in [1.165, 1.54) is 11.3 Å². The molecule has 0 unspecified atom stereocenters. The lowest BCUT2D eigenvalue weighted by Crippen LogP contribution is -2.32. The van der Waals surface area contributed by atoms with Gasteiger partial charge in [0.1, 0.15) is 0 Å². The number of hydrogen-bond acceptors (Lipinski definition) is 5. The van der Waals surface area contributed by atoms with E-state index >= 15 is 0 Å². The summed E-state index contributed by atoms with van der Waals surface area (Å²) in [4.78, 5) is 27.9. The molecule has 0 atom stereocenters. The summed E-state index contributed by atoms with van der Waals surface area (Å²) in [6, 6.07) is 9.87. The highest BCUT2D eigenvalue weighted by Gasteiger charge is 2.24. The van der Waals surface area contributed by atoms with Gasteiger partial charge in [-0.05, 0) is 30.2 Å². The molecule has 0 aliphatic heterocycles. The Labute approximate surface area is 154 Å². The maximum atomic E-state index is 13.2. The van der Waals surface area contributed by atoms with Crippen molar-refractivity contribution in [1.82, 2.24) is 19.5 Å². The van der Waals surface area contributed by atoms with Crippen molar-refractivity contribution in [3.63, 3.8) is 0 Å². The summed E-state index contributed by atoms with van der Waals surface area (Å²) in [6.45, 7) is 2.41. The van der Waals surface area contributed by atoms with Crippen molar-refractivity contribution >= 4 is 32.6 Å². The molecule has 0 saturated heterocycles. The molecule has 0 bridgehead atoms. The minimum atomic E-state index is -0.182. The third-order valence-corrected chi connectivity index (χ3v) is 5.21. The van der Waals surface area contributed by atoms with Crippen LogP contribution in [-0.4, -0.2) is 25.4 Å². The van der Waals surface area contributed by atoms with Gasteiger partial charge in [0, 0.05) is 31.8 Å². The van der Waals surface area contributed by atoms with Crippen molar-refractivity contribution in [1.29, 1.82) is 0 Å². The number of anilines is 1. The van der Waals surface area contributed by atoms with Crippen LogP contribution in [0.25, 0.3) is 10.2 Å². The zero-order valence-corrected chi connectivity index (χ0v) is 15.3. The number of pyridine rings is 1. The van der Waals surface area contributed by atoms with Crippen LogP contribution in [0, 0.1) is 6.92 Å². The van der Waals surface area contributed by atoms with Crippen LogP contribution in [0.2, 0.25) is 0 Å². The van der Waals surface area contributed by atoms with Crippen molar-refractivity contribution in [3.8, 4) is 0 Å². The van der Waals surface area contributed by atoms with Gasteiger partial charge in [-0.2, -0.15) is 0 Å². The Bertz CT molecular complexity index is 1070. The fourth-order valence-corrected chi connectivity index (χ4v) is 3.82. The lowest BCUT2D eigenvalue weighted by atomic mass is 10.2. The predicted octanol–water partition coefficient (Wildman–Crippen LogP) is 3.58. The predicted molar refractivity (Wildman–Crippen MR) is 102 cm³/mol. The number of amides is 1. The number of aryl methyl sites for hydroxylation is 2. The SMILES string of the molecule is Cc1cccc2sc(N(Cc3cccnc3)C(=O)c3nccn3C)nc12. The Hall–Kier alpha value is -3.06. The number of imidazole rings is 1. The number of thiazole rings is 1. The van der Waals surface area contributed by atoms with Gasteiger partial charge in [0.25, 0.3) is 5.91 Å². The zero-order valence-electron chi connectivity index (χ0n) is 14.5. The van der Waals surface area contributed by atoms with Crippen molar-refractivity contribution < 1.29 is 4.79 Å². The second-order valence-corrected chi connectivity index (χ2v) is 7.04. The molecular formula is C19H17N5OS. The number of carbonyl (C=O) groups is 1. The summed E-state index contributed by atoms with van der Waals surface area (Å²) in [6.07, 6.45) is 6.86. The average molecular weight is 363 g/mol. The molecule has 4 rings (SSSR count). The standard InChI is InChI=1S/C19H17N5OS/c1-13-5-3-7-15-16(13)22-19(26-15)24(12-14-6-4-8-20-11-14)18(25)17-21-9-10-23(17)2/h3-11H,12H2,1-2H3. The molecule has 0 aliphatic carbocycles.